The minimum Gasteiger partial charge on any atom is -0.344 e. The lowest BCUT2D eigenvalue weighted by Gasteiger charge is -2.08. The van der Waals surface area contributed by atoms with Gasteiger partial charge in [0.1, 0.15) is 5.69 Å². The van der Waals surface area contributed by atoms with E-state index in [0.717, 1.165) is 22.3 Å². The number of rotatable bonds is 5. The molecule has 0 fully saturated rings. The van der Waals surface area contributed by atoms with Gasteiger partial charge in [0.2, 0.25) is 0 Å². The molecule has 0 N–H and O–H groups in total. The van der Waals surface area contributed by atoms with Crippen molar-refractivity contribution in [2.75, 3.05) is 0 Å². The molecule has 0 unspecified atom stereocenters. The van der Waals surface area contributed by atoms with E-state index in [4.69, 9.17) is 11.6 Å². The minimum absolute atomic E-state index is 0.654. The first-order valence-corrected chi connectivity index (χ1v) is 12.9. The molecule has 0 aliphatic rings. The van der Waals surface area contributed by atoms with Crippen LogP contribution in [0.15, 0.2) is 126 Å². The number of hydrogen-bond donors (Lipinski definition) is 0. The second-order valence-corrected chi connectivity index (χ2v) is 9.93. The number of azo groups is 1. The molecule has 0 atom stereocenters. The molecule has 4 aromatic carbocycles. The molecule has 7 aromatic rings. The molecule has 0 saturated carbocycles. The third kappa shape index (κ3) is 3.80. The van der Waals surface area contributed by atoms with Crippen LogP contribution in [0.5, 0.6) is 0 Å². The quantitative estimate of drug-likeness (QED) is 0.206. The van der Waals surface area contributed by atoms with Crippen molar-refractivity contribution < 1.29 is 0 Å². The Morgan fingerprint density at radius 3 is 2.05 bits per heavy atom. The Balaban J connectivity index is 1.32. The Morgan fingerprint density at radius 1 is 0.658 bits per heavy atom. The van der Waals surface area contributed by atoms with E-state index in [1.165, 1.54) is 33.1 Å². The van der Waals surface area contributed by atoms with Crippen LogP contribution in [0.3, 0.4) is 0 Å². The van der Waals surface area contributed by atoms with Gasteiger partial charge in [-0.3, -0.25) is 0 Å². The van der Waals surface area contributed by atoms with Crippen molar-refractivity contribution in [3.8, 4) is 11.3 Å². The lowest BCUT2D eigenvalue weighted by Crippen LogP contribution is -2.05. The van der Waals surface area contributed by atoms with E-state index in [2.05, 4.69) is 116 Å². The summed E-state index contributed by atoms with van der Waals surface area (Å²) in [6.45, 7) is 0.654. The highest BCUT2D eigenvalue weighted by atomic mass is 35.5. The van der Waals surface area contributed by atoms with Crippen LogP contribution >= 0.6 is 11.6 Å². The number of hydrogen-bond acceptors (Lipinski definition) is 2. The van der Waals surface area contributed by atoms with Gasteiger partial charge in [0.05, 0.1) is 29.1 Å². The van der Waals surface area contributed by atoms with Gasteiger partial charge in [-0.2, -0.15) is 5.11 Å². The summed E-state index contributed by atoms with van der Waals surface area (Å²) in [6.07, 6.45) is 4.35. The fourth-order valence-corrected chi connectivity index (χ4v) is 5.45. The number of aryl methyl sites for hydroxylation is 1. The number of benzene rings is 4. The molecule has 0 radical (unpaired) electrons. The van der Waals surface area contributed by atoms with Crippen LogP contribution in [0.25, 0.3) is 44.0 Å². The van der Waals surface area contributed by atoms with E-state index in [0.29, 0.717) is 11.7 Å². The maximum absolute atomic E-state index is 6.02. The summed E-state index contributed by atoms with van der Waals surface area (Å²) in [4.78, 5) is 0. The van der Waals surface area contributed by atoms with Crippen LogP contribution in [-0.2, 0) is 13.7 Å². The molecule has 6 heteroatoms. The van der Waals surface area contributed by atoms with E-state index < -0.39 is 0 Å². The third-order valence-corrected chi connectivity index (χ3v) is 7.44. The van der Waals surface area contributed by atoms with Gasteiger partial charge >= 0.3 is 0 Å². The van der Waals surface area contributed by atoms with Gasteiger partial charge in [-0.25, -0.2) is 0 Å². The minimum atomic E-state index is 0.654. The summed E-state index contributed by atoms with van der Waals surface area (Å²) in [5.41, 5.74) is 7.56. The van der Waals surface area contributed by atoms with Gasteiger partial charge in [-0.1, -0.05) is 66.2 Å². The molecule has 0 aliphatic carbocycles. The van der Waals surface area contributed by atoms with E-state index >= 15 is 0 Å². The normalized spacial score (nSPS) is 11.9. The monoisotopic (exact) mass is 513 g/mol. The highest BCUT2D eigenvalue weighted by molar-refractivity contribution is 6.30. The van der Waals surface area contributed by atoms with Gasteiger partial charge in [-0.15, -0.1) is 5.11 Å². The van der Waals surface area contributed by atoms with Crippen molar-refractivity contribution in [3.05, 3.63) is 121 Å². The molecule has 5 nitrogen and oxygen atoms in total. The van der Waals surface area contributed by atoms with Crippen LogP contribution < -0.4 is 0 Å². The molecular weight excluding hydrogens is 490 g/mol. The van der Waals surface area contributed by atoms with Crippen molar-refractivity contribution in [1.29, 1.82) is 0 Å². The average Bonchev–Trinajstić information content (AvgIpc) is 3.61. The standard InChI is InChI=1S/C32H24ClN5/c1-36-29-11-5-2-8-22(29)18-32(36)27-19-37(30-12-6-3-9-25(27)30)21-38-20-28(26-10-4-7-13-31(26)38)35-34-24-16-14-23(33)15-17-24/h2-20H,21H2,1H3/b35-34+. The predicted octanol–water partition coefficient (Wildman–Crippen LogP) is 9.33. The molecule has 0 aliphatic heterocycles. The first-order chi connectivity index (χ1) is 18.7. The molecule has 0 bridgehead atoms. The Kier molecular flexibility index (Phi) is 5.38. The number of halogens is 1. The molecule has 3 heterocycles. The van der Waals surface area contributed by atoms with Crippen molar-refractivity contribution in [2.24, 2.45) is 17.3 Å². The first-order valence-electron chi connectivity index (χ1n) is 12.5. The molecule has 0 spiro atoms. The van der Waals surface area contributed by atoms with Crippen LogP contribution in [0.4, 0.5) is 11.4 Å². The zero-order valence-electron chi connectivity index (χ0n) is 20.8. The van der Waals surface area contributed by atoms with Crippen LogP contribution in [0.1, 0.15) is 0 Å². The van der Waals surface area contributed by atoms with Gasteiger partial charge in [0.25, 0.3) is 0 Å². The van der Waals surface area contributed by atoms with Crippen molar-refractivity contribution in [2.45, 2.75) is 6.67 Å². The molecule has 0 amide bonds. The summed E-state index contributed by atoms with van der Waals surface area (Å²) in [7, 11) is 2.14. The maximum atomic E-state index is 6.02. The molecule has 3 aromatic heterocycles. The van der Waals surface area contributed by atoms with E-state index in [1.54, 1.807) is 0 Å². The second kappa shape index (κ2) is 9.05. The smallest absolute Gasteiger partial charge is 0.111 e. The molecule has 7 rings (SSSR count). The van der Waals surface area contributed by atoms with Gasteiger partial charge in [0, 0.05) is 51.7 Å². The average molecular weight is 514 g/mol. The van der Waals surface area contributed by atoms with Crippen LogP contribution in [-0.4, -0.2) is 13.7 Å². The first kappa shape index (κ1) is 22.6. The Bertz CT molecular complexity index is 1970. The second-order valence-electron chi connectivity index (χ2n) is 9.50. The molecular formula is C32H24ClN5. The number of nitrogens with zero attached hydrogens (tertiary/aromatic N) is 5. The molecule has 184 valence electrons. The summed E-state index contributed by atoms with van der Waals surface area (Å²) >= 11 is 6.02. The van der Waals surface area contributed by atoms with Gasteiger partial charge < -0.3 is 13.7 Å². The zero-order valence-corrected chi connectivity index (χ0v) is 21.5. The summed E-state index contributed by atoms with van der Waals surface area (Å²) in [6, 6.07) is 35.1. The summed E-state index contributed by atoms with van der Waals surface area (Å²) in [5.74, 6) is 0. The SMILES string of the molecule is Cn1c(-c2cn(Cn3cc(/N=N/c4ccc(Cl)cc4)c4ccccc43)c3ccccc23)cc2ccccc21. The predicted molar refractivity (Wildman–Crippen MR) is 157 cm³/mol. The molecule has 38 heavy (non-hydrogen) atoms. The fraction of sp³-hybridized carbons (Fsp3) is 0.0625. The lowest BCUT2D eigenvalue weighted by atomic mass is 10.1. The van der Waals surface area contributed by atoms with Crippen molar-refractivity contribution in [1.82, 2.24) is 13.7 Å². The Labute approximate surface area is 224 Å². The van der Waals surface area contributed by atoms with Gasteiger partial charge in [-0.05, 0) is 48.5 Å². The molecule has 0 saturated heterocycles. The van der Waals surface area contributed by atoms with E-state index in [1.807, 2.05) is 30.3 Å². The van der Waals surface area contributed by atoms with Crippen molar-refractivity contribution in [3.63, 3.8) is 0 Å². The topological polar surface area (TPSA) is 39.5 Å². The third-order valence-electron chi connectivity index (χ3n) is 7.19. The Morgan fingerprint density at radius 2 is 1.29 bits per heavy atom. The van der Waals surface area contributed by atoms with Crippen molar-refractivity contribution >= 4 is 55.7 Å². The van der Waals surface area contributed by atoms with Gasteiger partial charge in [0.15, 0.2) is 0 Å². The van der Waals surface area contributed by atoms with Crippen LogP contribution in [0, 0.1) is 0 Å². The fourth-order valence-electron chi connectivity index (χ4n) is 5.32. The largest absolute Gasteiger partial charge is 0.344 e. The van der Waals surface area contributed by atoms with Crippen LogP contribution in [0.2, 0.25) is 5.02 Å². The zero-order chi connectivity index (χ0) is 25.6. The number of fused-ring (bicyclic) bond motifs is 3. The maximum Gasteiger partial charge on any atom is 0.111 e. The number of para-hydroxylation sites is 3. The summed E-state index contributed by atoms with van der Waals surface area (Å²) < 4.78 is 6.83. The summed E-state index contributed by atoms with van der Waals surface area (Å²) in [5, 5.41) is 13.3. The number of aromatic nitrogens is 3. The van der Waals surface area contributed by atoms with E-state index in [9.17, 15) is 0 Å². The lowest BCUT2D eigenvalue weighted by molar-refractivity contribution is 0.647. The highest BCUT2D eigenvalue weighted by Gasteiger charge is 2.16. The highest BCUT2D eigenvalue weighted by Crippen LogP contribution is 2.35. The Hall–Kier alpha value is -4.61. The van der Waals surface area contributed by atoms with E-state index in [-0.39, 0.29) is 0 Å².